The first-order valence-corrected chi connectivity index (χ1v) is 11.7. The summed E-state index contributed by atoms with van der Waals surface area (Å²) in [5.41, 5.74) is 3.36. The van der Waals surface area contributed by atoms with Gasteiger partial charge < -0.3 is 14.3 Å². The van der Waals surface area contributed by atoms with Gasteiger partial charge in [-0.15, -0.1) is 0 Å². The van der Waals surface area contributed by atoms with Crippen LogP contribution in [0.3, 0.4) is 0 Å². The summed E-state index contributed by atoms with van der Waals surface area (Å²) in [4.78, 5) is 34.6. The second-order valence-corrected chi connectivity index (χ2v) is 8.37. The first-order chi connectivity index (χ1) is 16.1. The van der Waals surface area contributed by atoms with Crippen molar-refractivity contribution in [3.05, 3.63) is 71.9 Å². The number of hydrogen-bond donors (Lipinski definition) is 0. The molecule has 3 heterocycles. The molecule has 33 heavy (non-hydrogen) atoms. The Balaban J connectivity index is 1.66. The van der Waals surface area contributed by atoms with E-state index in [-0.39, 0.29) is 17.5 Å². The molecule has 1 atom stereocenters. The minimum absolute atomic E-state index is 0.0155. The van der Waals surface area contributed by atoms with E-state index >= 15 is 0 Å². The highest BCUT2D eigenvalue weighted by Gasteiger charge is 2.38. The van der Waals surface area contributed by atoms with Gasteiger partial charge in [0.25, 0.3) is 5.91 Å². The maximum absolute atomic E-state index is 13.5. The molecule has 0 radical (unpaired) electrons. The molecule has 1 fully saturated rings. The lowest BCUT2D eigenvalue weighted by Crippen LogP contribution is -2.59. The molecule has 1 saturated heterocycles. The maximum Gasteiger partial charge on any atom is 0.276 e. The van der Waals surface area contributed by atoms with E-state index in [0.717, 1.165) is 36.0 Å². The SMILES string of the molecule is CCCc1cc(C(=O)N2CCN(CCC)C(=O)[C@@H]2Cc2ccccc2-c2ccncc2)no1. The van der Waals surface area contributed by atoms with Crippen LogP contribution in [0.25, 0.3) is 11.1 Å². The molecule has 4 rings (SSSR count). The van der Waals surface area contributed by atoms with E-state index in [1.165, 1.54) is 0 Å². The molecule has 1 aliphatic rings. The Morgan fingerprint density at radius 2 is 1.88 bits per heavy atom. The zero-order chi connectivity index (χ0) is 23.2. The molecular formula is C26H30N4O3. The predicted molar refractivity (Wildman–Crippen MR) is 126 cm³/mol. The molecule has 0 saturated carbocycles. The van der Waals surface area contributed by atoms with Gasteiger partial charge in [-0.2, -0.15) is 0 Å². The summed E-state index contributed by atoms with van der Waals surface area (Å²) >= 11 is 0. The summed E-state index contributed by atoms with van der Waals surface area (Å²) in [6, 6.07) is 13.1. The molecule has 0 aliphatic carbocycles. The van der Waals surface area contributed by atoms with Crippen molar-refractivity contribution >= 4 is 11.8 Å². The second kappa shape index (κ2) is 10.4. The third-order valence-electron chi connectivity index (χ3n) is 6.03. The lowest BCUT2D eigenvalue weighted by Gasteiger charge is -2.40. The Bertz CT molecular complexity index is 1100. The summed E-state index contributed by atoms with van der Waals surface area (Å²) in [5, 5.41) is 4.00. The first kappa shape index (κ1) is 22.7. The zero-order valence-electron chi connectivity index (χ0n) is 19.2. The third-order valence-corrected chi connectivity index (χ3v) is 6.03. The molecule has 0 spiro atoms. The van der Waals surface area contributed by atoms with E-state index in [9.17, 15) is 9.59 Å². The highest BCUT2D eigenvalue weighted by atomic mass is 16.5. The van der Waals surface area contributed by atoms with Gasteiger partial charge in [0.1, 0.15) is 11.8 Å². The molecule has 1 aliphatic heterocycles. The molecule has 3 aromatic rings. The maximum atomic E-state index is 13.5. The van der Waals surface area contributed by atoms with Crippen LogP contribution in [0.5, 0.6) is 0 Å². The van der Waals surface area contributed by atoms with Gasteiger partial charge in [0.2, 0.25) is 5.91 Å². The fourth-order valence-corrected chi connectivity index (χ4v) is 4.42. The van der Waals surface area contributed by atoms with Gasteiger partial charge in [-0.05, 0) is 41.7 Å². The van der Waals surface area contributed by atoms with E-state index in [0.29, 0.717) is 31.8 Å². The van der Waals surface area contributed by atoms with Gasteiger partial charge in [-0.3, -0.25) is 14.6 Å². The van der Waals surface area contributed by atoms with Crippen molar-refractivity contribution < 1.29 is 14.1 Å². The lowest BCUT2D eigenvalue weighted by atomic mass is 9.93. The van der Waals surface area contributed by atoms with E-state index < -0.39 is 6.04 Å². The van der Waals surface area contributed by atoms with E-state index in [1.54, 1.807) is 23.4 Å². The number of piperazine rings is 1. The molecule has 2 amide bonds. The van der Waals surface area contributed by atoms with Crippen molar-refractivity contribution in [3.8, 4) is 11.1 Å². The largest absolute Gasteiger partial charge is 0.361 e. The average molecular weight is 447 g/mol. The van der Waals surface area contributed by atoms with Gasteiger partial charge in [-0.25, -0.2) is 0 Å². The van der Waals surface area contributed by atoms with Crippen LogP contribution in [0, 0.1) is 0 Å². The zero-order valence-corrected chi connectivity index (χ0v) is 19.2. The van der Waals surface area contributed by atoms with E-state index in [4.69, 9.17) is 4.52 Å². The van der Waals surface area contributed by atoms with Gasteiger partial charge >= 0.3 is 0 Å². The number of rotatable bonds is 8. The fourth-order valence-electron chi connectivity index (χ4n) is 4.42. The molecule has 0 unspecified atom stereocenters. The number of pyridine rings is 1. The van der Waals surface area contributed by atoms with Crippen LogP contribution < -0.4 is 0 Å². The Morgan fingerprint density at radius 1 is 1.09 bits per heavy atom. The molecule has 0 bridgehead atoms. The second-order valence-electron chi connectivity index (χ2n) is 8.37. The van der Waals surface area contributed by atoms with Crippen LogP contribution in [0.2, 0.25) is 0 Å². The Morgan fingerprint density at radius 3 is 2.64 bits per heavy atom. The number of aryl methyl sites for hydroxylation is 1. The number of benzene rings is 1. The van der Waals surface area contributed by atoms with E-state index in [2.05, 4.69) is 17.1 Å². The van der Waals surface area contributed by atoms with Crippen LogP contribution in [-0.2, 0) is 17.6 Å². The normalized spacial score (nSPS) is 16.3. The summed E-state index contributed by atoms with van der Waals surface area (Å²) in [6.07, 6.45) is 6.47. The number of hydrogen-bond acceptors (Lipinski definition) is 5. The summed E-state index contributed by atoms with van der Waals surface area (Å²) in [7, 11) is 0. The van der Waals surface area contributed by atoms with E-state index in [1.807, 2.05) is 48.2 Å². The van der Waals surface area contributed by atoms with Crippen molar-refractivity contribution in [2.45, 2.75) is 45.6 Å². The standard InChI is InChI=1S/C26H30N4O3/c1-3-7-21-18-23(28-33-21)25(31)30-16-15-29(14-4-2)26(32)24(30)17-20-8-5-6-9-22(20)19-10-12-27-13-11-19/h5-6,8-13,18,24H,3-4,7,14-17H2,1-2H3/t24-/m0/s1. The van der Waals surface area contributed by atoms with Crippen molar-refractivity contribution in [2.24, 2.45) is 0 Å². The quantitative estimate of drug-likeness (QED) is 0.523. The molecule has 2 aromatic heterocycles. The summed E-state index contributed by atoms with van der Waals surface area (Å²) in [5.74, 6) is 0.423. The molecule has 0 N–H and O–H groups in total. The summed E-state index contributed by atoms with van der Waals surface area (Å²) < 4.78 is 5.34. The lowest BCUT2D eigenvalue weighted by molar-refractivity contribution is -0.140. The van der Waals surface area contributed by atoms with Crippen LogP contribution in [0.4, 0.5) is 0 Å². The van der Waals surface area contributed by atoms with Crippen molar-refractivity contribution in [1.82, 2.24) is 19.9 Å². The smallest absolute Gasteiger partial charge is 0.276 e. The number of amides is 2. The minimum Gasteiger partial charge on any atom is -0.361 e. The van der Waals surface area contributed by atoms with Crippen molar-refractivity contribution in [2.75, 3.05) is 19.6 Å². The van der Waals surface area contributed by atoms with Crippen molar-refractivity contribution in [1.29, 1.82) is 0 Å². The number of aromatic nitrogens is 2. The number of carbonyl (C=O) groups excluding carboxylic acids is 2. The van der Waals surface area contributed by atoms with Gasteiger partial charge in [0.05, 0.1) is 0 Å². The molecule has 7 heteroatoms. The molecule has 172 valence electrons. The Labute approximate surface area is 194 Å². The van der Waals surface area contributed by atoms with Crippen LogP contribution in [0.15, 0.2) is 59.4 Å². The molecule has 7 nitrogen and oxygen atoms in total. The monoisotopic (exact) mass is 446 g/mol. The third kappa shape index (κ3) is 4.97. The average Bonchev–Trinajstić information content (AvgIpc) is 3.31. The van der Waals surface area contributed by atoms with Crippen LogP contribution in [0.1, 0.15) is 48.5 Å². The fraction of sp³-hybridized carbons (Fsp3) is 0.385. The minimum atomic E-state index is -0.591. The summed E-state index contributed by atoms with van der Waals surface area (Å²) in [6.45, 7) is 5.80. The van der Waals surface area contributed by atoms with Gasteiger partial charge in [-0.1, -0.05) is 43.3 Å². The Hall–Kier alpha value is -3.48. The highest BCUT2D eigenvalue weighted by molar-refractivity contribution is 5.97. The molecular weight excluding hydrogens is 416 g/mol. The van der Waals surface area contributed by atoms with Crippen LogP contribution in [-0.4, -0.2) is 57.4 Å². The predicted octanol–water partition coefficient (Wildman–Crippen LogP) is 3.99. The molecule has 1 aromatic carbocycles. The van der Waals surface area contributed by atoms with Gasteiger partial charge in [0, 0.05) is 50.9 Å². The van der Waals surface area contributed by atoms with Gasteiger partial charge in [0.15, 0.2) is 5.69 Å². The first-order valence-electron chi connectivity index (χ1n) is 11.7. The van der Waals surface area contributed by atoms with Crippen LogP contribution >= 0.6 is 0 Å². The highest BCUT2D eigenvalue weighted by Crippen LogP contribution is 2.27. The number of nitrogens with zero attached hydrogens (tertiary/aromatic N) is 4. The van der Waals surface area contributed by atoms with Crippen molar-refractivity contribution in [3.63, 3.8) is 0 Å². The number of carbonyl (C=O) groups is 2. The topological polar surface area (TPSA) is 79.5 Å². The Kier molecular flexibility index (Phi) is 7.17.